The minimum Gasteiger partial charge on any atom is -0.359 e. The van der Waals surface area contributed by atoms with Crippen molar-refractivity contribution in [1.82, 2.24) is 9.78 Å². The van der Waals surface area contributed by atoms with E-state index in [9.17, 15) is 4.79 Å². The summed E-state index contributed by atoms with van der Waals surface area (Å²) in [6.07, 6.45) is 1.52. The van der Waals surface area contributed by atoms with Gasteiger partial charge in [-0.15, -0.1) is 0 Å². The quantitative estimate of drug-likeness (QED) is 0.646. The van der Waals surface area contributed by atoms with E-state index in [1.54, 1.807) is 6.92 Å². The molecule has 1 rings (SSSR count). The third-order valence-corrected chi connectivity index (χ3v) is 4.80. The molecule has 108 valence electrons. The van der Waals surface area contributed by atoms with Crippen molar-refractivity contribution < 1.29 is 4.74 Å². The summed E-state index contributed by atoms with van der Waals surface area (Å²) >= 11 is 5.98. The number of rotatable bonds is 6. The van der Waals surface area contributed by atoms with Gasteiger partial charge in [-0.25, -0.2) is 4.68 Å². The van der Waals surface area contributed by atoms with E-state index >= 15 is 0 Å². The maximum atomic E-state index is 11.9. The van der Waals surface area contributed by atoms with Crippen LogP contribution in [0.3, 0.4) is 0 Å². The topological polar surface area (TPSA) is 70.1 Å². The number of halogens is 1. The van der Waals surface area contributed by atoms with Crippen molar-refractivity contribution in [3.63, 3.8) is 0 Å². The minimum atomic E-state index is -1.12. The lowest BCUT2D eigenvalue weighted by atomic mass is 10.2. The smallest absolute Gasteiger partial charge is 0.288 e. The van der Waals surface area contributed by atoms with Gasteiger partial charge in [-0.2, -0.15) is 5.10 Å². The summed E-state index contributed by atoms with van der Waals surface area (Å²) in [7, 11) is -1.12. The molecule has 1 aromatic rings. The number of aromatic nitrogens is 2. The Morgan fingerprint density at radius 1 is 1.53 bits per heavy atom. The number of ether oxygens (including phenoxy) is 1. The first kappa shape index (κ1) is 16.4. The van der Waals surface area contributed by atoms with Crippen molar-refractivity contribution in [2.75, 3.05) is 6.61 Å². The zero-order valence-corrected chi connectivity index (χ0v) is 13.7. The molecular formula is C12H22ClN3O2Si. The molecule has 0 bridgehead atoms. The van der Waals surface area contributed by atoms with Crippen molar-refractivity contribution in [2.24, 2.45) is 5.73 Å². The summed E-state index contributed by atoms with van der Waals surface area (Å²) in [4.78, 5) is 11.9. The lowest BCUT2D eigenvalue weighted by molar-refractivity contribution is 0.0748. The molecule has 19 heavy (non-hydrogen) atoms. The van der Waals surface area contributed by atoms with Gasteiger partial charge in [0.25, 0.3) is 5.56 Å². The molecule has 0 aliphatic heterocycles. The predicted molar refractivity (Wildman–Crippen MR) is 80.2 cm³/mol. The molecule has 1 heterocycles. The van der Waals surface area contributed by atoms with Gasteiger partial charge in [0.05, 0.1) is 6.20 Å². The molecular weight excluding hydrogens is 282 g/mol. The maximum absolute atomic E-state index is 11.9. The standard InChI is InChI=1S/C12H22ClN3O2Si/c1-9(14)10-7-15-16(12(17)11(10)13)8-18-5-6-19(2,3)4/h7,9H,5-6,8,14H2,1-4H3. The van der Waals surface area contributed by atoms with E-state index in [4.69, 9.17) is 22.1 Å². The van der Waals surface area contributed by atoms with Crippen molar-refractivity contribution >= 4 is 19.7 Å². The molecule has 1 aromatic heterocycles. The van der Waals surface area contributed by atoms with E-state index in [1.807, 2.05) is 0 Å². The molecule has 7 heteroatoms. The highest BCUT2D eigenvalue weighted by Crippen LogP contribution is 2.15. The molecule has 0 fully saturated rings. The van der Waals surface area contributed by atoms with Crippen LogP contribution >= 0.6 is 11.6 Å². The molecule has 0 radical (unpaired) electrons. The molecule has 0 amide bonds. The van der Waals surface area contributed by atoms with Gasteiger partial charge >= 0.3 is 0 Å². The van der Waals surface area contributed by atoms with E-state index in [0.717, 1.165) is 6.04 Å². The van der Waals surface area contributed by atoms with Gasteiger partial charge in [0.15, 0.2) is 0 Å². The average molecular weight is 304 g/mol. The van der Waals surface area contributed by atoms with Crippen molar-refractivity contribution in [1.29, 1.82) is 0 Å². The van der Waals surface area contributed by atoms with Gasteiger partial charge in [-0.3, -0.25) is 4.79 Å². The monoisotopic (exact) mass is 303 g/mol. The van der Waals surface area contributed by atoms with Crippen LogP contribution in [0.5, 0.6) is 0 Å². The Hall–Kier alpha value is -0.693. The first-order chi connectivity index (χ1) is 8.72. The summed E-state index contributed by atoms with van der Waals surface area (Å²) in [5.41, 5.74) is 5.91. The van der Waals surface area contributed by atoms with Crippen LogP contribution in [-0.4, -0.2) is 24.5 Å². The zero-order chi connectivity index (χ0) is 14.6. The first-order valence-corrected chi connectivity index (χ1v) is 10.4. The van der Waals surface area contributed by atoms with E-state index < -0.39 is 8.07 Å². The lowest BCUT2D eigenvalue weighted by Crippen LogP contribution is -2.28. The Kier molecular flexibility index (Phi) is 5.73. The number of nitrogens with two attached hydrogens (primary N) is 1. The van der Waals surface area contributed by atoms with E-state index in [1.165, 1.54) is 10.9 Å². The fourth-order valence-electron chi connectivity index (χ4n) is 1.42. The lowest BCUT2D eigenvalue weighted by Gasteiger charge is -2.16. The summed E-state index contributed by atoms with van der Waals surface area (Å²) in [6, 6.07) is 0.739. The molecule has 1 atom stereocenters. The van der Waals surface area contributed by atoms with Crippen LogP contribution in [0.25, 0.3) is 0 Å². The van der Waals surface area contributed by atoms with Crippen LogP contribution in [0.2, 0.25) is 30.7 Å². The van der Waals surface area contributed by atoms with Crippen LogP contribution in [0.15, 0.2) is 11.0 Å². The highest BCUT2D eigenvalue weighted by Gasteiger charge is 2.14. The Balaban J connectivity index is 2.66. The Bertz CT molecular complexity index is 483. The Labute approximate surface area is 119 Å². The second kappa shape index (κ2) is 6.65. The van der Waals surface area contributed by atoms with E-state index in [-0.39, 0.29) is 23.4 Å². The fourth-order valence-corrected chi connectivity index (χ4v) is 2.49. The summed E-state index contributed by atoms with van der Waals surface area (Å²) in [6.45, 7) is 9.34. The largest absolute Gasteiger partial charge is 0.359 e. The fraction of sp³-hybridized carbons (Fsp3) is 0.667. The molecule has 5 nitrogen and oxygen atoms in total. The molecule has 0 aliphatic carbocycles. The van der Waals surface area contributed by atoms with E-state index in [0.29, 0.717) is 12.2 Å². The predicted octanol–water partition coefficient (Wildman–Crippen LogP) is 2.23. The SMILES string of the molecule is CC(N)c1cnn(COCC[Si](C)(C)C)c(=O)c1Cl. The van der Waals surface area contributed by atoms with Gasteiger partial charge in [-0.05, 0) is 13.0 Å². The summed E-state index contributed by atoms with van der Waals surface area (Å²) in [5, 5.41) is 4.14. The molecule has 0 spiro atoms. The normalized spacial score (nSPS) is 13.6. The second-order valence-electron chi connectivity index (χ2n) is 5.86. The molecule has 1 unspecified atom stereocenters. The number of hydrogen-bond donors (Lipinski definition) is 1. The van der Waals surface area contributed by atoms with Gasteiger partial charge in [0.2, 0.25) is 0 Å². The first-order valence-electron chi connectivity index (χ1n) is 6.31. The van der Waals surface area contributed by atoms with Crippen LogP contribution in [0.4, 0.5) is 0 Å². The molecule has 2 N–H and O–H groups in total. The highest BCUT2D eigenvalue weighted by molar-refractivity contribution is 6.76. The van der Waals surface area contributed by atoms with Gasteiger partial charge in [0.1, 0.15) is 11.8 Å². The maximum Gasteiger partial charge on any atom is 0.288 e. The van der Waals surface area contributed by atoms with Crippen LogP contribution in [0.1, 0.15) is 18.5 Å². The number of nitrogens with zero attached hydrogens (tertiary/aromatic N) is 2. The Morgan fingerprint density at radius 2 is 2.16 bits per heavy atom. The molecule has 0 aromatic carbocycles. The third-order valence-electron chi connectivity index (χ3n) is 2.71. The van der Waals surface area contributed by atoms with Crippen LogP contribution in [0, 0.1) is 0 Å². The molecule has 0 saturated carbocycles. The van der Waals surface area contributed by atoms with E-state index in [2.05, 4.69) is 24.7 Å². The summed E-state index contributed by atoms with van der Waals surface area (Å²) < 4.78 is 6.70. The third kappa shape index (κ3) is 5.06. The van der Waals surface area contributed by atoms with Crippen molar-refractivity contribution in [2.45, 2.75) is 45.4 Å². The average Bonchev–Trinajstić information content (AvgIpc) is 2.28. The van der Waals surface area contributed by atoms with Crippen molar-refractivity contribution in [3.05, 3.63) is 27.1 Å². The Morgan fingerprint density at radius 3 is 2.68 bits per heavy atom. The van der Waals surface area contributed by atoms with Crippen LogP contribution < -0.4 is 11.3 Å². The zero-order valence-electron chi connectivity index (χ0n) is 11.9. The number of hydrogen-bond acceptors (Lipinski definition) is 4. The molecule has 0 saturated heterocycles. The highest BCUT2D eigenvalue weighted by atomic mass is 35.5. The summed E-state index contributed by atoms with van der Waals surface area (Å²) in [5.74, 6) is 0. The van der Waals surface area contributed by atoms with Crippen molar-refractivity contribution in [3.8, 4) is 0 Å². The van der Waals surface area contributed by atoms with Gasteiger partial charge in [0, 0.05) is 26.3 Å². The van der Waals surface area contributed by atoms with Crippen LogP contribution in [-0.2, 0) is 11.5 Å². The van der Waals surface area contributed by atoms with Gasteiger partial charge in [-0.1, -0.05) is 31.2 Å². The molecule has 0 aliphatic rings. The van der Waals surface area contributed by atoms with Gasteiger partial charge < -0.3 is 10.5 Å². The minimum absolute atomic E-state index is 0.124. The second-order valence-corrected chi connectivity index (χ2v) is 11.9.